The SMILES string of the molecule is CCc1nncn1CCOc1cccc(C(=O)O)c1. The van der Waals surface area contributed by atoms with Gasteiger partial charge in [0.05, 0.1) is 12.1 Å². The number of ether oxygens (including phenoxy) is 1. The monoisotopic (exact) mass is 261 g/mol. The molecule has 0 unspecified atom stereocenters. The number of hydrogen-bond donors (Lipinski definition) is 1. The van der Waals surface area contributed by atoms with Crippen LogP contribution in [0.25, 0.3) is 0 Å². The predicted molar refractivity (Wildman–Crippen MR) is 68.3 cm³/mol. The van der Waals surface area contributed by atoms with Crippen LogP contribution in [0.3, 0.4) is 0 Å². The molecule has 0 atom stereocenters. The lowest BCUT2D eigenvalue weighted by atomic mass is 10.2. The van der Waals surface area contributed by atoms with Crippen LogP contribution in [0.2, 0.25) is 0 Å². The van der Waals surface area contributed by atoms with Crippen LogP contribution in [-0.2, 0) is 13.0 Å². The fourth-order valence-corrected chi connectivity index (χ4v) is 1.72. The summed E-state index contributed by atoms with van der Waals surface area (Å²) in [6, 6.07) is 6.44. The van der Waals surface area contributed by atoms with Gasteiger partial charge in [0, 0.05) is 6.42 Å². The van der Waals surface area contributed by atoms with Crippen molar-refractivity contribution in [1.82, 2.24) is 14.8 Å². The second-order valence-corrected chi connectivity index (χ2v) is 3.98. The number of aromatic nitrogens is 3. The molecule has 0 radical (unpaired) electrons. The smallest absolute Gasteiger partial charge is 0.335 e. The van der Waals surface area contributed by atoms with Crippen molar-refractivity contribution in [3.8, 4) is 5.75 Å². The third-order valence-electron chi connectivity index (χ3n) is 2.69. The molecule has 0 saturated carbocycles. The van der Waals surface area contributed by atoms with E-state index in [0.717, 1.165) is 12.2 Å². The van der Waals surface area contributed by atoms with Gasteiger partial charge in [-0.3, -0.25) is 0 Å². The number of aryl methyl sites for hydroxylation is 1. The van der Waals surface area contributed by atoms with Crippen molar-refractivity contribution in [2.75, 3.05) is 6.61 Å². The molecular formula is C13H15N3O3. The first-order valence-corrected chi connectivity index (χ1v) is 6.03. The van der Waals surface area contributed by atoms with Gasteiger partial charge >= 0.3 is 5.97 Å². The molecule has 2 aromatic rings. The lowest BCUT2D eigenvalue weighted by molar-refractivity contribution is 0.0696. The number of carbonyl (C=O) groups is 1. The van der Waals surface area contributed by atoms with E-state index < -0.39 is 5.97 Å². The van der Waals surface area contributed by atoms with Crippen LogP contribution >= 0.6 is 0 Å². The first-order valence-electron chi connectivity index (χ1n) is 6.03. The maximum Gasteiger partial charge on any atom is 0.335 e. The van der Waals surface area contributed by atoms with E-state index in [0.29, 0.717) is 18.9 Å². The minimum absolute atomic E-state index is 0.219. The molecule has 0 aliphatic carbocycles. The molecule has 0 aliphatic rings. The Balaban J connectivity index is 1.92. The van der Waals surface area contributed by atoms with E-state index in [2.05, 4.69) is 10.2 Å². The van der Waals surface area contributed by atoms with Gasteiger partial charge in [0.15, 0.2) is 0 Å². The largest absolute Gasteiger partial charge is 0.492 e. The van der Waals surface area contributed by atoms with Gasteiger partial charge in [-0.15, -0.1) is 10.2 Å². The molecule has 19 heavy (non-hydrogen) atoms. The highest BCUT2D eigenvalue weighted by atomic mass is 16.5. The summed E-state index contributed by atoms with van der Waals surface area (Å²) in [5, 5.41) is 16.7. The van der Waals surface area contributed by atoms with E-state index in [1.165, 1.54) is 12.1 Å². The van der Waals surface area contributed by atoms with Crippen molar-refractivity contribution in [2.45, 2.75) is 19.9 Å². The van der Waals surface area contributed by atoms with Gasteiger partial charge in [-0.1, -0.05) is 13.0 Å². The Hall–Kier alpha value is -2.37. The van der Waals surface area contributed by atoms with Crippen molar-refractivity contribution in [3.05, 3.63) is 42.0 Å². The van der Waals surface area contributed by atoms with E-state index in [-0.39, 0.29) is 5.56 Å². The summed E-state index contributed by atoms with van der Waals surface area (Å²) in [6.07, 6.45) is 2.48. The number of aromatic carboxylic acids is 1. The van der Waals surface area contributed by atoms with Crippen molar-refractivity contribution < 1.29 is 14.6 Å². The van der Waals surface area contributed by atoms with Crippen LogP contribution in [0.15, 0.2) is 30.6 Å². The number of nitrogens with zero attached hydrogens (tertiary/aromatic N) is 3. The molecule has 1 heterocycles. The predicted octanol–water partition coefficient (Wildman–Crippen LogP) is 1.62. The van der Waals surface area contributed by atoms with Crippen LogP contribution in [0.5, 0.6) is 5.75 Å². The number of benzene rings is 1. The van der Waals surface area contributed by atoms with E-state index in [1.54, 1.807) is 18.5 Å². The molecule has 0 bridgehead atoms. The lowest BCUT2D eigenvalue weighted by Gasteiger charge is -2.08. The molecule has 100 valence electrons. The maximum absolute atomic E-state index is 10.8. The summed E-state index contributed by atoms with van der Waals surface area (Å²) in [6.45, 7) is 3.08. The van der Waals surface area contributed by atoms with Crippen molar-refractivity contribution in [1.29, 1.82) is 0 Å². The summed E-state index contributed by atoms with van der Waals surface area (Å²) in [7, 11) is 0. The number of rotatable bonds is 6. The second-order valence-electron chi connectivity index (χ2n) is 3.98. The number of carboxylic acid groups (broad SMARTS) is 1. The molecule has 0 fully saturated rings. The molecule has 0 amide bonds. The zero-order valence-electron chi connectivity index (χ0n) is 10.6. The van der Waals surface area contributed by atoms with Gasteiger partial charge in [0.1, 0.15) is 24.5 Å². The van der Waals surface area contributed by atoms with Crippen molar-refractivity contribution in [3.63, 3.8) is 0 Å². The Morgan fingerprint density at radius 2 is 2.32 bits per heavy atom. The minimum Gasteiger partial charge on any atom is -0.492 e. The molecule has 1 aromatic carbocycles. The summed E-state index contributed by atoms with van der Waals surface area (Å²) in [4.78, 5) is 10.8. The molecule has 1 N–H and O–H groups in total. The highest BCUT2D eigenvalue weighted by molar-refractivity contribution is 5.87. The Kier molecular flexibility index (Phi) is 4.12. The highest BCUT2D eigenvalue weighted by Gasteiger charge is 2.05. The van der Waals surface area contributed by atoms with Crippen molar-refractivity contribution in [2.24, 2.45) is 0 Å². The average Bonchev–Trinajstić information content (AvgIpc) is 2.86. The Bertz CT molecular complexity index is 566. The zero-order valence-corrected chi connectivity index (χ0v) is 10.6. The molecule has 0 saturated heterocycles. The van der Waals surface area contributed by atoms with Crippen LogP contribution < -0.4 is 4.74 Å². The van der Waals surface area contributed by atoms with Gasteiger partial charge < -0.3 is 14.4 Å². The van der Waals surface area contributed by atoms with E-state index in [9.17, 15) is 4.79 Å². The fourth-order valence-electron chi connectivity index (χ4n) is 1.72. The Morgan fingerprint density at radius 1 is 1.47 bits per heavy atom. The summed E-state index contributed by atoms with van der Waals surface area (Å²) < 4.78 is 7.45. The molecule has 6 heteroatoms. The molecular weight excluding hydrogens is 246 g/mol. The normalized spacial score (nSPS) is 10.4. The third-order valence-corrected chi connectivity index (χ3v) is 2.69. The molecule has 1 aromatic heterocycles. The maximum atomic E-state index is 10.8. The molecule has 2 rings (SSSR count). The Morgan fingerprint density at radius 3 is 3.05 bits per heavy atom. The fraction of sp³-hybridized carbons (Fsp3) is 0.308. The van der Waals surface area contributed by atoms with Crippen LogP contribution in [0.4, 0.5) is 0 Å². The quantitative estimate of drug-likeness (QED) is 0.855. The lowest BCUT2D eigenvalue weighted by Crippen LogP contribution is -2.10. The third kappa shape index (κ3) is 3.31. The van der Waals surface area contributed by atoms with Crippen LogP contribution in [0.1, 0.15) is 23.1 Å². The summed E-state index contributed by atoms with van der Waals surface area (Å²) >= 11 is 0. The first-order chi connectivity index (χ1) is 9.20. The Labute approximate surface area is 110 Å². The molecule has 0 aliphatic heterocycles. The summed E-state index contributed by atoms with van der Waals surface area (Å²) in [5.74, 6) is 0.492. The molecule has 6 nitrogen and oxygen atoms in total. The topological polar surface area (TPSA) is 77.2 Å². The number of carboxylic acids is 1. The minimum atomic E-state index is -0.961. The highest BCUT2D eigenvalue weighted by Crippen LogP contribution is 2.13. The first kappa shape index (κ1) is 13.1. The van der Waals surface area contributed by atoms with Gasteiger partial charge in [-0.25, -0.2) is 4.79 Å². The zero-order chi connectivity index (χ0) is 13.7. The number of hydrogen-bond acceptors (Lipinski definition) is 4. The second kappa shape index (κ2) is 5.99. The van der Waals surface area contributed by atoms with E-state index in [4.69, 9.17) is 9.84 Å². The standard InChI is InChI=1S/C13H15N3O3/c1-2-12-15-14-9-16(12)6-7-19-11-5-3-4-10(8-11)13(17)18/h3-5,8-9H,2,6-7H2,1H3,(H,17,18). The average molecular weight is 261 g/mol. The summed E-state index contributed by atoms with van der Waals surface area (Å²) in [5.41, 5.74) is 0.219. The van der Waals surface area contributed by atoms with Gasteiger partial charge in [0.2, 0.25) is 0 Å². The van der Waals surface area contributed by atoms with Gasteiger partial charge in [-0.2, -0.15) is 0 Å². The van der Waals surface area contributed by atoms with E-state index in [1.807, 2.05) is 11.5 Å². The molecule has 0 spiro atoms. The van der Waals surface area contributed by atoms with Gasteiger partial charge in [0.25, 0.3) is 0 Å². The van der Waals surface area contributed by atoms with Gasteiger partial charge in [-0.05, 0) is 18.2 Å². The van der Waals surface area contributed by atoms with Crippen molar-refractivity contribution >= 4 is 5.97 Å². The van der Waals surface area contributed by atoms with E-state index >= 15 is 0 Å². The van der Waals surface area contributed by atoms with Crippen LogP contribution in [-0.4, -0.2) is 32.4 Å². The van der Waals surface area contributed by atoms with Crippen LogP contribution in [0, 0.1) is 0 Å².